The second-order valence-electron chi connectivity index (χ2n) is 5.00. The summed E-state index contributed by atoms with van der Waals surface area (Å²) in [5, 5.41) is 9.07. The number of ether oxygens (including phenoxy) is 1. The zero-order valence-corrected chi connectivity index (χ0v) is 12.8. The van der Waals surface area contributed by atoms with Gasteiger partial charge in [0.05, 0.1) is 17.6 Å². The monoisotopic (exact) mass is 317 g/mol. The first-order valence-electron chi connectivity index (χ1n) is 7.00. The lowest BCUT2D eigenvalue weighted by molar-refractivity contribution is 0.0947. The van der Waals surface area contributed by atoms with Gasteiger partial charge in [0.25, 0.3) is 0 Å². The molecular weight excluding hydrogens is 297 g/mol. The van der Waals surface area contributed by atoms with E-state index in [1.807, 2.05) is 0 Å². The van der Waals surface area contributed by atoms with Crippen molar-refractivity contribution in [1.29, 1.82) is 0 Å². The van der Waals surface area contributed by atoms with Gasteiger partial charge in [-0.05, 0) is 31.0 Å². The number of halogens is 1. The molecule has 0 amide bonds. The molecule has 21 heavy (non-hydrogen) atoms. The standard InChI is InChI=1S/C14H20FNO4S/c1-2-16(9-12-4-3-7-20-12)21(18,19)13-5-6-14(15)11(8-13)10-17/h5-6,8,12,17H,2-4,7,9-10H2,1H3. The summed E-state index contributed by atoms with van der Waals surface area (Å²) in [6, 6.07) is 3.48. The Morgan fingerprint density at radius 3 is 2.81 bits per heavy atom. The predicted octanol–water partition coefficient (Wildman–Crippen LogP) is 1.51. The van der Waals surface area contributed by atoms with Crippen molar-refractivity contribution in [2.75, 3.05) is 19.7 Å². The van der Waals surface area contributed by atoms with Crippen molar-refractivity contribution in [1.82, 2.24) is 4.31 Å². The molecule has 5 nitrogen and oxygen atoms in total. The molecule has 1 aliphatic rings. The minimum Gasteiger partial charge on any atom is -0.392 e. The predicted molar refractivity (Wildman–Crippen MR) is 75.7 cm³/mol. The molecule has 1 saturated heterocycles. The largest absolute Gasteiger partial charge is 0.392 e. The molecule has 1 atom stereocenters. The number of nitrogens with zero attached hydrogens (tertiary/aromatic N) is 1. The highest BCUT2D eigenvalue weighted by Gasteiger charge is 2.28. The van der Waals surface area contributed by atoms with Gasteiger partial charge in [-0.15, -0.1) is 0 Å². The van der Waals surface area contributed by atoms with Crippen LogP contribution in [0.3, 0.4) is 0 Å². The maximum Gasteiger partial charge on any atom is 0.243 e. The zero-order chi connectivity index (χ0) is 15.5. The summed E-state index contributed by atoms with van der Waals surface area (Å²) in [7, 11) is -3.71. The number of aliphatic hydroxyl groups is 1. The number of rotatable bonds is 6. The summed E-state index contributed by atoms with van der Waals surface area (Å²) in [6.45, 7) is 2.49. The van der Waals surface area contributed by atoms with E-state index in [0.717, 1.165) is 18.9 Å². The molecule has 0 radical (unpaired) electrons. The second kappa shape index (κ2) is 6.83. The molecule has 0 bridgehead atoms. The van der Waals surface area contributed by atoms with Gasteiger partial charge in [0.2, 0.25) is 10.0 Å². The summed E-state index contributed by atoms with van der Waals surface area (Å²) in [4.78, 5) is -0.00667. The van der Waals surface area contributed by atoms with Crippen LogP contribution in [0.5, 0.6) is 0 Å². The van der Waals surface area contributed by atoms with E-state index >= 15 is 0 Å². The number of hydrogen-bond donors (Lipinski definition) is 1. The lowest BCUT2D eigenvalue weighted by atomic mass is 10.2. The van der Waals surface area contributed by atoms with Crippen molar-refractivity contribution in [3.8, 4) is 0 Å². The first kappa shape index (κ1) is 16.4. The van der Waals surface area contributed by atoms with Gasteiger partial charge in [-0.2, -0.15) is 4.31 Å². The Hall–Kier alpha value is -1.02. The molecule has 1 aliphatic heterocycles. The average Bonchev–Trinajstić information content (AvgIpc) is 2.97. The van der Waals surface area contributed by atoms with Crippen LogP contribution in [0, 0.1) is 5.82 Å². The average molecular weight is 317 g/mol. The Morgan fingerprint density at radius 1 is 1.48 bits per heavy atom. The van der Waals surface area contributed by atoms with Crippen molar-refractivity contribution >= 4 is 10.0 Å². The summed E-state index contributed by atoms with van der Waals surface area (Å²) in [5.41, 5.74) is -0.0238. The van der Waals surface area contributed by atoms with Gasteiger partial charge in [-0.25, -0.2) is 12.8 Å². The molecule has 0 spiro atoms. The van der Waals surface area contributed by atoms with E-state index in [0.29, 0.717) is 19.7 Å². The SMILES string of the molecule is CCN(CC1CCCO1)S(=O)(=O)c1ccc(F)c(CO)c1. The third-order valence-corrected chi connectivity index (χ3v) is 5.55. The summed E-state index contributed by atoms with van der Waals surface area (Å²) in [6.07, 6.45) is 1.70. The number of sulfonamides is 1. The first-order valence-corrected chi connectivity index (χ1v) is 8.44. The molecule has 1 aromatic carbocycles. The van der Waals surface area contributed by atoms with Crippen molar-refractivity contribution in [3.05, 3.63) is 29.6 Å². The van der Waals surface area contributed by atoms with E-state index in [1.165, 1.54) is 16.4 Å². The smallest absolute Gasteiger partial charge is 0.243 e. The summed E-state index contributed by atoms with van der Waals surface area (Å²) in [5.74, 6) is -0.612. The van der Waals surface area contributed by atoms with Gasteiger partial charge in [0.1, 0.15) is 5.82 Å². The van der Waals surface area contributed by atoms with E-state index in [9.17, 15) is 12.8 Å². The van der Waals surface area contributed by atoms with Crippen LogP contribution in [-0.4, -0.2) is 43.6 Å². The lowest BCUT2D eigenvalue weighted by Gasteiger charge is -2.23. The van der Waals surface area contributed by atoms with Crippen LogP contribution in [0.2, 0.25) is 0 Å². The molecule has 118 valence electrons. The van der Waals surface area contributed by atoms with E-state index in [2.05, 4.69) is 0 Å². The van der Waals surface area contributed by atoms with Crippen LogP contribution < -0.4 is 0 Å². The van der Waals surface area contributed by atoms with Gasteiger partial charge < -0.3 is 9.84 Å². The lowest BCUT2D eigenvalue weighted by Crippen LogP contribution is -2.37. The third kappa shape index (κ3) is 3.60. The van der Waals surface area contributed by atoms with Gasteiger partial charge in [-0.3, -0.25) is 0 Å². The Kier molecular flexibility index (Phi) is 5.32. The van der Waals surface area contributed by atoms with Gasteiger partial charge in [0.15, 0.2) is 0 Å². The highest BCUT2D eigenvalue weighted by atomic mass is 32.2. The van der Waals surface area contributed by atoms with E-state index in [1.54, 1.807) is 6.92 Å². The summed E-state index contributed by atoms with van der Waals surface area (Å²) < 4.78 is 45.4. The van der Waals surface area contributed by atoms with Gasteiger partial charge in [0, 0.05) is 25.3 Å². The highest BCUT2D eigenvalue weighted by molar-refractivity contribution is 7.89. The molecule has 2 rings (SSSR count). The fourth-order valence-corrected chi connectivity index (χ4v) is 3.93. The molecule has 1 N–H and O–H groups in total. The number of aliphatic hydroxyl groups excluding tert-OH is 1. The molecule has 0 aliphatic carbocycles. The first-order chi connectivity index (χ1) is 9.98. The van der Waals surface area contributed by atoms with Crippen molar-refractivity contribution in [3.63, 3.8) is 0 Å². The fourth-order valence-electron chi connectivity index (χ4n) is 2.39. The van der Waals surface area contributed by atoms with Gasteiger partial charge in [-0.1, -0.05) is 6.92 Å². The Morgan fingerprint density at radius 2 is 2.24 bits per heavy atom. The van der Waals surface area contributed by atoms with Crippen molar-refractivity contribution in [2.24, 2.45) is 0 Å². The van der Waals surface area contributed by atoms with E-state index in [4.69, 9.17) is 9.84 Å². The molecule has 1 aromatic rings. The normalized spacial score (nSPS) is 19.3. The van der Waals surface area contributed by atoms with Crippen LogP contribution in [0.15, 0.2) is 23.1 Å². The third-order valence-electron chi connectivity index (χ3n) is 3.61. The maximum atomic E-state index is 13.4. The quantitative estimate of drug-likeness (QED) is 0.863. The molecule has 0 aromatic heterocycles. The highest BCUT2D eigenvalue weighted by Crippen LogP contribution is 2.22. The minimum absolute atomic E-state index is 0.00667. The molecule has 1 heterocycles. The molecular formula is C14H20FNO4S. The number of hydrogen-bond acceptors (Lipinski definition) is 4. The van der Waals surface area contributed by atoms with Crippen LogP contribution >= 0.6 is 0 Å². The zero-order valence-electron chi connectivity index (χ0n) is 12.0. The second-order valence-corrected chi connectivity index (χ2v) is 6.94. The molecule has 1 unspecified atom stereocenters. The van der Waals surface area contributed by atoms with Crippen LogP contribution in [0.1, 0.15) is 25.3 Å². The Balaban J connectivity index is 2.25. The van der Waals surface area contributed by atoms with E-state index < -0.39 is 22.4 Å². The molecule has 7 heteroatoms. The van der Waals surface area contributed by atoms with Crippen LogP contribution in [0.25, 0.3) is 0 Å². The number of benzene rings is 1. The van der Waals surface area contributed by atoms with Crippen molar-refractivity contribution < 1.29 is 22.7 Å². The van der Waals surface area contributed by atoms with E-state index in [-0.39, 0.29) is 16.6 Å². The van der Waals surface area contributed by atoms with Crippen molar-refractivity contribution in [2.45, 2.75) is 37.4 Å². The minimum atomic E-state index is -3.71. The Bertz CT molecular complexity index is 585. The topological polar surface area (TPSA) is 66.8 Å². The maximum absolute atomic E-state index is 13.4. The van der Waals surface area contributed by atoms with Crippen LogP contribution in [-0.2, 0) is 21.4 Å². The van der Waals surface area contributed by atoms with Crippen LogP contribution in [0.4, 0.5) is 4.39 Å². The molecule has 1 fully saturated rings. The Labute approximate surface area is 124 Å². The van der Waals surface area contributed by atoms with Gasteiger partial charge >= 0.3 is 0 Å². The fraction of sp³-hybridized carbons (Fsp3) is 0.571. The molecule has 0 saturated carbocycles. The summed E-state index contributed by atoms with van der Waals surface area (Å²) >= 11 is 0. The number of likely N-dealkylation sites (N-methyl/N-ethyl adjacent to an activating group) is 1.